The first-order chi connectivity index (χ1) is 65.8. The second-order valence-electron chi connectivity index (χ2n) is 43.7. The first-order valence-electron chi connectivity index (χ1n) is 53.7. The maximum absolute atomic E-state index is 12.1. The monoisotopic (exact) mass is 1940 g/mol. The first kappa shape index (κ1) is 111. The summed E-state index contributed by atoms with van der Waals surface area (Å²) in [4.78, 5) is 31.3. The lowest BCUT2D eigenvalue weighted by atomic mass is 9.88. The van der Waals surface area contributed by atoms with Crippen LogP contribution in [0.2, 0.25) is 15.1 Å². The van der Waals surface area contributed by atoms with E-state index in [0.717, 1.165) is 163 Å². The van der Waals surface area contributed by atoms with Gasteiger partial charge in [-0.15, -0.1) is 13.0 Å². The number of carbonyl (C=O) groups excluding carboxylic acids is 1. The number of sulfone groups is 1. The van der Waals surface area contributed by atoms with Crippen LogP contribution in [-0.2, 0) is 21.1 Å². The molecule has 17 rings (SSSR count). The van der Waals surface area contributed by atoms with E-state index in [2.05, 4.69) is 313 Å². The van der Waals surface area contributed by atoms with Gasteiger partial charge in [0.05, 0.1) is 16.7 Å². The topological polar surface area (TPSA) is 101 Å². The van der Waals surface area contributed by atoms with E-state index in [1.165, 1.54) is 213 Å². The highest BCUT2D eigenvalue weighted by molar-refractivity contribution is 7.92. The molecular weight excluding hydrogens is 1770 g/mol. The number of carbonyl (C=O) groups is 1. The predicted octanol–water partition coefficient (Wildman–Crippen LogP) is 27.4. The van der Waals surface area contributed by atoms with E-state index in [9.17, 15) is 13.2 Å². The highest BCUT2D eigenvalue weighted by Gasteiger charge is 2.39. The molecule has 17 heteroatoms. The summed E-state index contributed by atoms with van der Waals surface area (Å²) in [6, 6.07) is 53.1. The standard InChI is InChI=1S/C20H31ClN2.C18H27NO2S.C17H24ClN.C17H26ClN.C17H25NO.C16H24N2.C15H20N2/c1-15(2)17-4-7-19(20(21)14-17)16-8-10-23(11-9-16)13-12-22(3)18-5-6-18;1-14(2)16-3-5-17(6-4-16)19-11-9-15(10-12-19)13-22(20,21)18-7-8-18;1-12(2)14-3-6-16(17(18)11-14)13-7-9-19(10-8-13)15-4-5-15;1-4-9-19-10-7-14(8-11-19)16-6-5-15(13(2)3)12-17(16)18;1-13(2)16-4-6-17(7-5-16)18-10-8-15(9-11-18)12-14(3)19;1-4-5-15-12-14(13(2)3)6-7-16(15)18-10-8-17-9-11-18;1-4-13-11-14(12(2)3)5-6-15(13)17-9-7-16-8-10-17/h4,7,14-16,18H,5-6,8-13H2,1-3H3;3-6,14-15,18H,7-13H2,1-2H3;3,6,11-13,15H,4-5,7-10H2,1-2H3;5-6,12-14H,4,7-11H2,1-3H3;4-7,13,15H,8-12H2,1-3H3;4,6-7,12-13,17H,1,5,8-11H2,2-3H3;1,5-6,11-12,16H,7-10H2,2-3H3. The van der Waals surface area contributed by atoms with E-state index >= 15 is 0 Å². The van der Waals surface area contributed by atoms with Crippen molar-refractivity contribution in [2.24, 2.45) is 11.8 Å². The fourth-order valence-corrected chi connectivity index (χ4v) is 24.0. The quantitative estimate of drug-likeness (QED) is 0.0360. The van der Waals surface area contributed by atoms with Gasteiger partial charge in [-0.05, 0) is 368 Å². The number of nitrogens with zero attached hydrogens (tertiary/aromatic N) is 8. The highest BCUT2D eigenvalue weighted by atomic mass is 35.5. The second kappa shape index (κ2) is 55.2. The van der Waals surface area contributed by atoms with Crippen molar-refractivity contribution in [1.29, 1.82) is 0 Å². The first-order valence-corrected chi connectivity index (χ1v) is 56.5. The van der Waals surface area contributed by atoms with E-state index in [4.69, 9.17) is 41.2 Å². The number of halogens is 3. The second-order valence-corrected chi connectivity index (χ2v) is 47.2. The van der Waals surface area contributed by atoms with Gasteiger partial charge < -0.3 is 54.6 Å². The number of piperazine rings is 2. The molecule has 0 bridgehead atoms. The van der Waals surface area contributed by atoms with Crippen molar-refractivity contribution in [3.8, 4) is 12.3 Å². The number of benzene rings is 7. The summed E-state index contributed by atoms with van der Waals surface area (Å²) in [5.74, 6) is 10.4. The van der Waals surface area contributed by atoms with E-state index in [1.54, 1.807) is 6.92 Å². The zero-order valence-corrected chi connectivity index (χ0v) is 90.7. The van der Waals surface area contributed by atoms with Gasteiger partial charge in [-0.3, -0.25) is 0 Å². The molecule has 137 heavy (non-hydrogen) atoms. The number of nitrogens with one attached hydrogen (secondary N) is 2. The van der Waals surface area contributed by atoms with Crippen LogP contribution in [0.5, 0.6) is 0 Å². The van der Waals surface area contributed by atoms with Crippen LogP contribution in [0.1, 0.15) is 352 Å². The SMILES string of the molecule is C#Cc1cc(C(C)C)ccc1N1CCNCC1.C=CCc1cc(C(C)C)ccc1N1CCNCC1.CC(=O)CC1CCN(c2ccc(C(C)C)cc2)CC1.CC(C)c1ccc(C2CCN(C3CC3)CC2)c(Cl)c1.CC(C)c1ccc(C2CCN(CCN(C)C3CC3)CC2)c(Cl)c1.CC(C)c1ccc(N2CCC(CS(=O)(=O)C3CC3)CC2)cc1.CCCN1CCC(c2ccc(C(C)C)cc2Cl)CC1. The van der Waals surface area contributed by atoms with Crippen molar-refractivity contribution in [2.45, 2.75) is 309 Å². The molecule has 7 aromatic rings. The summed E-state index contributed by atoms with van der Waals surface area (Å²) < 4.78 is 24.2. The molecule has 0 atom stereocenters. The fourth-order valence-electron chi connectivity index (χ4n) is 20.9. The van der Waals surface area contributed by atoms with Gasteiger partial charge in [-0.25, -0.2) is 8.42 Å². The van der Waals surface area contributed by atoms with Crippen LogP contribution >= 0.6 is 34.8 Å². The van der Waals surface area contributed by atoms with Crippen LogP contribution in [0.25, 0.3) is 0 Å². The third kappa shape index (κ3) is 34.8. The molecule has 10 aliphatic rings. The Morgan fingerprint density at radius 3 is 1.17 bits per heavy atom. The molecule has 0 unspecified atom stereocenters. The Hall–Kier alpha value is -6.71. The Kier molecular flexibility index (Phi) is 44.6. The molecule has 752 valence electrons. The minimum atomic E-state index is -2.80. The Balaban J connectivity index is 0.000000154. The lowest BCUT2D eigenvalue weighted by Gasteiger charge is -2.33. The normalized spacial score (nSPS) is 18.8. The molecule has 13 nitrogen and oxygen atoms in total. The van der Waals surface area contributed by atoms with Gasteiger partial charge in [0, 0.05) is 148 Å². The van der Waals surface area contributed by atoms with Crippen LogP contribution in [0.3, 0.4) is 0 Å². The molecule has 7 heterocycles. The smallest absolute Gasteiger partial charge is 0.153 e. The Morgan fingerprint density at radius 2 is 0.803 bits per heavy atom. The maximum atomic E-state index is 12.1. The zero-order valence-electron chi connectivity index (χ0n) is 87.6. The van der Waals surface area contributed by atoms with Gasteiger partial charge in [0.25, 0.3) is 0 Å². The molecule has 0 amide bonds. The van der Waals surface area contributed by atoms with E-state index in [0.29, 0.717) is 82.6 Å². The van der Waals surface area contributed by atoms with Gasteiger partial charge >= 0.3 is 0 Å². The highest BCUT2D eigenvalue weighted by Crippen LogP contribution is 2.42. The average molecular weight is 1950 g/mol. The molecular formula is C120H177Cl3N10O3S. The number of piperidine rings is 5. The number of hydrogen-bond acceptors (Lipinski definition) is 13. The fraction of sp³-hybridized carbons (Fsp3) is 0.608. The largest absolute Gasteiger partial charge is 0.372 e. The summed E-state index contributed by atoms with van der Waals surface area (Å²) in [5, 5.41) is 9.69. The summed E-state index contributed by atoms with van der Waals surface area (Å²) in [5.41, 5.74) is 21.3. The van der Waals surface area contributed by atoms with Crippen molar-refractivity contribution >= 4 is 73.2 Å². The Morgan fingerprint density at radius 1 is 0.438 bits per heavy atom. The van der Waals surface area contributed by atoms with Crippen LogP contribution in [0.4, 0.5) is 22.7 Å². The molecule has 0 aromatic heterocycles. The Bertz CT molecular complexity index is 4940. The average Bonchev–Trinajstić information content (AvgIpc) is 1.71. The van der Waals surface area contributed by atoms with Gasteiger partial charge in [0.15, 0.2) is 9.84 Å². The lowest BCUT2D eigenvalue weighted by Crippen LogP contribution is -2.43. The van der Waals surface area contributed by atoms with Crippen molar-refractivity contribution in [1.82, 2.24) is 30.2 Å². The Labute approximate surface area is 847 Å². The van der Waals surface area contributed by atoms with E-state index in [1.807, 2.05) is 6.08 Å². The number of likely N-dealkylation sites (N-methyl/N-ethyl adjacent to an activating group) is 1. The molecule has 7 aliphatic heterocycles. The predicted molar refractivity (Wildman–Crippen MR) is 592 cm³/mol. The number of hydrogen-bond donors (Lipinski definition) is 2. The summed E-state index contributed by atoms with van der Waals surface area (Å²) in [7, 11) is -0.524. The summed E-state index contributed by atoms with van der Waals surface area (Å²) in [6.07, 6.45) is 29.9. The van der Waals surface area contributed by atoms with Crippen molar-refractivity contribution in [3.05, 3.63) is 234 Å². The number of ketones is 1. The number of anilines is 4. The number of allylic oxidation sites excluding steroid dienone is 1. The van der Waals surface area contributed by atoms with Gasteiger partial charge in [-0.2, -0.15) is 0 Å². The molecule has 7 aromatic carbocycles. The van der Waals surface area contributed by atoms with Crippen LogP contribution in [-0.4, -0.2) is 201 Å². The minimum absolute atomic E-state index is 0.00546. The lowest BCUT2D eigenvalue weighted by molar-refractivity contribution is -0.118. The zero-order chi connectivity index (χ0) is 98.4. The summed E-state index contributed by atoms with van der Waals surface area (Å²) in [6.45, 7) is 62.7. The third-order valence-electron chi connectivity index (χ3n) is 30.7. The van der Waals surface area contributed by atoms with Crippen LogP contribution in [0.15, 0.2) is 152 Å². The molecule has 7 saturated heterocycles. The van der Waals surface area contributed by atoms with Gasteiger partial charge in [-0.1, -0.05) is 230 Å². The maximum Gasteiger partial charge on any atom is 0.153 e. The van der Waals surface area contributed by atoms with Gasteiger partial charge in [0.2, 0.25) is 0 Å². The molecule has 3 saturated carbocycles. The number of terminal acetylenes is 1. The molecule has 3 aliphatic carbocycles. The molecule has 0 spiro atoms. The van der Waals surface area contributed by atoms with E-state index in [-0.39, 0.29) is 5.25 Å². The minimum Gasteiger partial charge on any atom is -0.372 e. The number of rotatable bonds is 28. The summed E-state index contributed by atoms with van der Waals surface area (Å²) >= 11 is 19.6. The third-order valence-corrected chi connectivity index (χ3v) is 34.1. The molecule has 10 fully saturated rings. The molecule has 0 radical (unpaired) electrons. The van der Waals surface area contributed by atoms with Gasteiger partial charge in [0.1, 0.15) is 5.78 Å². The van der Waals surface area contributed by atoms with Crippen molar-refractivity contribution in [2.75, 3.05) is 170 Å². The number of likely N-dealkylation sites (tertiary alicyclic amines) is 3. The number of Topliss-reactive ketones (excluding diaryl/α,β-unsaturated/α-hetero) is 1. The molecule has 2 N–H and O–H groups in total. The van der Waals surface area contributed by atoms with Crippen LogP contribution < -0.4 is 30.2 Å². The van der Waals surface area contributed by atoms with Crippen molar-refractivity contribution < 1.29 is 13.2 Å². The van der Waals surface area contributed by atoms with E-state index < -0.39 is 9.84 Å². The van der Waals surface area contributed by atoms with Crippen molar-refractivity contribution in [3.63, 3.8) is 0 Å². The van der Waals surface area contributed by atoms with Crippen LogP contribution in [0, 0.1) is 24.2 Å².